The number of hydrogen-bond donors (Lipinski definition) is 2. The van der Waals surface area contributed by atoms with Crippen LogP contribution in [-0.2, 0) is 33.0 Å². The number of esters is 1. The summed E-state index contributed by atoms with van der Waals surface area (Å²) >= 11 is 0. The first-order valence-corrected chi connectivity index (χ1v) is 10.6. The van der Waals surface area contributed by atoms with Gasteiger partial charge in [-0.05, 0) is 51.5 Å². The molecule has 1 atom stereocenters. The van der Waals surface area contributed by atoms with E-state index in [0.717, 1.165) is 5.56 Å². The number of rotatable bonds is 2. The van der Waals surface area contributed by atoms with E-state index in [1.54, 1.807) is 10.6 Å². The highest BCUT2D eigenvalue weighted by atomic mass is 16.6. The molecule has 5 rings (SSSR count). The molecule has 32 heavy (non-hydrogen) atoms. The molecule has 0 saturated carbocycles. The zero-order valence-electron chi connectivity index (χ0n) is 18.5. The van der Waals surface area contributed by atoms with Crippen LogP contribution in [0.25, 0.3) is 22.3 Å². The van der Waals surface area contributed by atoms with Crippen LogP contribution < -0.4 is 11.3 Å². The Hall–Kier alpha value is -3.39. The first-order chi connectivity index (χ1) is 15.1. The summed E-state index contributed by atoms with van der Waals surface area (Å²) < 4.78 is 13.3. The van der Waals surface area contributed by atoms with Crippen molar-refractivity contribution in [1.29, 1.82) is 0 Å². The SMILES string of the molecule is CC[C@@]1(OC(C)(C)C)C(=O)OCc2c1cc1n(c2=O)Cc2cc3c(N)c(O)ccc3nc2-1. The third kappa shape index (κ3) is 2.75. The molecular weight excluding hydrogens is 410 g/mol. The van der Waals surface area contributed by atoms with Crippen LogP contribution in [0.15, 0.2) is 29.1 Å². The quantitative estimate of drug-likeness (QED) is 0.282. The number of benzene rings is 1. The highest BCUT2D eigenvalue weighted by Gasteiger charge is 2.50. The van der Waals surface area contributed by atoms with Gasteiger partial charge in [0.25, 0.3) is 5.56 Å². The maximum absolute atomic E-state index is 13.5. The molecule has 0 bridgehead atoms. The van der Waals surface area contributed by atoms with E-state index >= 15 is 0 Å². The predicted octanol–water partition coefficient (Wildman–Crippen LogP) is 3.19. The van der Waals surface area contributed by atoms with Crippen molar-refractivity contribution in [2.75, 3.05) is 5.73 Å². The summed E-state index contributed by atoms with van der Waals surface area (Å²) in [5.41, 5.74) is 7.76. The summed E-state index contributed by atoms with van der Waals surface area (Å²) in [5.74, 6) is -0.496. The smallest absolute Gasteiger partial charge is 0.343 e. The Bertz CT molecular complexity index is 1370. The van der Waals surface area contributed by atoms with E-state index in [-0.39, 0.29) is 23.6 Å². The lowest BCUT2D eigenvalue weighted by Crippen LogP contribution is -2.49. The fourth-order valence-corrected chi connectivity index (χ4v) is 4.74. The van der Waals surface area contributed by atoms with Gasteiger partial charge in [-0.3, -0.25) is 4.79 Å². The lowest BCUT2D eigenvalue weighted by Gasteiger charge is -2.40. The van der Waals surface area contributed by atoms with Crippen LogP contribution in [0.2, 0.25) is 0 Å². The monoisotopic (exact) mass is 435 g/mol. The van der Waals surface area contributed by atoms with Crippen molar-refractivity contribution in [1.82, 2.24) is 9.55 Å². The van der Waals surface area contributed by atoms with E-state index in [2.05, 4.69) is 0 Å². The van der Waals surface area contributed by atoms with Crippen LogP contribution in [0, 0.1) is 0 Å². The number of hydrogen-bond acceptors (Lipinski definition) is 7. The van der Waals surface area contributed by atoms with Gasteiger partial charge in [0.15, 0.2) is 5.60 Å². The van der Waals surface area contributed by atoms with E-state index in [1.807, 2.05) is 39.8 Å². The second-order valence-corrected chi connectivity index (χ2v) is 9.35. The van der Waals surface area contributed by atoms with Crippen molar-refractivity contribution < 1.29 is 19.4 Å². The summed E-state index contributed by atoms with van der Waals surface area (Å²) in [4.78, 5) is 31.2. The Morgan fingerprint density at radius 3 is 2.72 bits per heavy atom. The number of carbonyl (C=O) groups excluding carboxylic acids is 1. The maximum atomic E-state index is 13.5. The summed E-state index contributed by atoms with van der Waals surface area (Å²) in [7, 11) is 0. The molecule has 0 fully saturated rings. The number of phenolic OH excluding ortho intramolecular Hbond substituents is 1. The van der Waals surface area contributed by atoms with Gasteiger partial charge in [0.1, 0.15) is 12.4 Å². The number of aromatic nitrogens is 2. The van der Waals surface area contributed by atoms with E-state index in [1.165, 1.54) is 6.07 Å². The number of phenols is 1. The molecule has 8 heteroatoms. The average Bonchev–Trinajstić information content (AvgIpc) is 3.09. The Balaban J connectivity index is 1.78. The molecule has 2 aliphatic rings. The second kappa shape index (κ2) is 6.56. The number of carbonyl (C=O) groups is 1. The zero-order chi connectivity index (χ0) is 23.0. The predicted molar refractivity (Wildman–Crippen MR) is 119 cm³/mol. The van der Waals surface area contributed by atoms with E-state index in [9.17, 15) is 14.7 Å². The van der Waals surface area contributed by atoms with Crippen molar-refractivity contribution in [3.8, 4) is 17.1 Å². The summed E-state index contributed by atoms with van der Waals surface area (Å²) in [6.07, 6.45) is 0.326. The maximum Gasteiger partial charge on any atom is 0.343 e. The first kappa shape index (κ1) is 20.5. The first-order valence-electron chi connectivity index (χ1n) is 10.6. The lowest BCUT2D eigenvalue weighted by molar-refractivity contribution is -0.200. The summed E-state index contributed by atoms with van der Waals surface area (Å²) in [6.45, 7) is 7.69. The number of nitrogen functional groups attached to an aromatic ring is 1. The van der Waals surface area contributed by atoms with Gasteiger partial charge in [0, 0.05) is 16.5 Å². The lowest BCUT2D eigenvalue weighted by atomic mass is 9.84. The van der Waals surface area contributed by atoms with Crippen molar-refractivity contribution in [2.24, 2.45) is 0 Å². The molecule has 2 aliphatic heterocycles. The van der Waals surface area contributed by atoms with E-state index < -0.39 is 17.2 Å². The zero-order valence-corrected chi connectivity index (χ0v) is 18.5. The molecule has 4 heterocycles. The van der Waals surface area contributed by atoms with Crippen LogP contribution in [0.3, 0.4) is 0 Å². The van der Waals surface area contributed by atoms with Crippen LogP contribution in [-0.4, -0.2) is 26.2 Å². The van der Waals surface area contributed by atoms with Gasteiger partial charge in [0.2, 0.25) is 0 Å². The number of nitrogens with zero attached hydrogens (tertiary/aromatic N) is 2. The minimum Gasteiger partial charge on any atom is -0.506 e. The highest BCUT2D eigenvalue weighted by molar-refractivity contribution is 5.95. The molecule has 0 unspecified atom stereocenters. The molecule has 0 radical (unpaired) electrons. The van der Waals surface area contributed by atoms with Gasteiger partial charge >= 0.3 is 5.97 Å². The third-order valence-corrected chi connectivity index (χ3v) is 6.16. The molecule has 0 spiro atoms. The summed E-state index contributed by atoms with van der Waals surface area (Å²) in [6, 6.07) is 6.90. The van der Waals surface area contributed by atoms with Crippen LogP contribution in [0.1, 0.15) is 50.8 Å². The molecule has 0 aliphatic carbocycles. The van der Waals surface area contributed by atoms with Crippen LogP contribution >= 0.6 is 0 Å². The van der Waals surface area contributed by atoms with Gasteiger partial charge in [-0.2, -0.15) is 0 Å². The Kier molecular flexibility index (Phi) is 4.20. The number of anilines is 1. The van der Waals surface area contributed by atoms with Gasteiger partial charge < -0.3 is 24.9 Å². The van der Waals surface area contributed by atoms with Crippen LogP contribution in [0.5, 0.6) is 5.75 Å². The van der Waals surface area contributed by atoms with Crippen molar-refractivity contribution in [3.05, 3.63) is 51.3 Å². The van der Waals surface area contributed by atoms with E-state index in [0.29, 0.717) is 46.4 Å². The van der Waals surface area contributed by atoms with Crippen molar-refractivity contribution in [3.63, 3.8) is 0 Å². The summed E-state index contributed by atoms with van der Waals surface area (Å²) in [5, 5.41) is 10.6. The number of ether oxygens (including phenoxy) is 2. The Morgan fingerprint density at radius 1 is 1.28 bits per heavy atom. The number of fused-ring (bicyclic) bond motifs is 5. The number of aromatic hydroxyl groups is 1. The standard InChI is InChI=1S/C24H25N3O5/c1-5-24(32-23(2,3)4)15-9-17-20-12(8-13-16(26-20)6-7-18(28)19(13)25)10-27(17)21(29)14(15)11-31-22(24)30/h6-9,28H,5,10-11,25H2,1-4H3/t24-/m0/s1. The average molecular weight is 435 g/mol. The van der Waals surface area contributed by atoms with Gasteiger partial charge in [-0.25, -0.2) is 9.78 Å². The van der Waals surface area contributed by atoms with Gasteiger partial charge in [0.05, 0.1) is 40.3 Å². The molecule has 166 valence electrons. The van der Waals surface area contributed by atoms with E-state index in [4.69, 9.17) is 20.2 Å². The number of cyclic esters (lactones) is 1. The second-order valence-electron chi connectivity index (χ2n) is 9.35. The van der Waals surface area contributed by atoms with Gasteiger partial charge in [-0.15, -0.1) is 0 Å². The normalized spacial score (nSPS) is 19.4. The third-order valence-electron chi connectivity index (χ3n) is 6.16. The molecule has 2 aromatic heterocycles. The molecule has 8 nitrogen and oxygen atoms in total. The number of pyridine rings is 2. The molecule has 0 amide bonds. The highest BCUT2D eigenvalue weighted by Crippen LogP contribution is 2.43. The van der Waals surface area contributed by atoms with Crippen molar-refractivity contribution >= 4 is 22.6 Å². The Morgan fingerprint density at radius 2 is 2.03 bits per heavy atom. The largest absolute Gasteiger partial charge is 0.506 e. The topological polar surface area (TPSA) is 117 Å². The molecular formula is C24H25N3O5. The molecule has 0 saturated heterocycles. The molecule has 3 N–H and O–H groups in total. The fraction of sp³-hybridized carbons (Fsp3) is 0.375. The van der Waals surface area contributed by atoms with Gasteiger partial charge in [-0.1, -0.05) is 6.92 Å². The minimum atomic E-state index is -1.36. The number of nitrogens with two attached hydrogens (primary N) is 1. The fourth-order valence-electron chi connectivity index (χ4n) is 4.74. The molecule has 3 aromatic rings. The van der Waals surface area contributed by atoms with Crippen LogP contribution in [0.4, 0.5) is 5.69 Å². The Labute approximate surface area is 184 Å². The van der Waals surface area contributed by atoms with Crippen molar-refractivity contribution in [2.45, 2.75) is 58.5 Å². The molecule has 1 aromatic carbocycles. The minimum absolute atomic E-state index is 0.00916.